The SMILES string of the molecule is CCOC(=O)c1ccc(-c2ccc(/C=N/Nc3nc4nonc4nc3Nc3ccc(Br)cc3)o2)c([N+](=O)[O-])c1. The number of anilines is 3. The number of esters is 1. The molecule has 2 aromatic carbocycles. The maximum Gasteiger partial charge on any atom is 0.338 e. The fourth-order valence-electron chi connectivity index (χ4n) is 3.43. The number of hydrogen-bond acceptors (Lipinski definition) is 13. The van der Waals surface area contributed by atoms with E-state index in [4.69, 9.17) is 13.8 Å². The summed E-state index contributed by atoms with van der Waals surface area (Å²) in [5.41, 5.74) is 3.85. The molecule has 39 heavy (non-hydrogen) atoms. The van der Waals surface area contributed by atoms with Crippen molar-refractivity contribution in [2.45, 2.75) is 6.92 Å². The van der Waals surface area contributed by atoms with Crippen LogP contribution >= 0.6 is 15.9 Å². The topological polar surface area (TPSA) is 184 Å². The van der Waals surface area contributed by atoms with E-state index in [1.165, 1.54) is 18.3 Å². The third kappa shape index (κ3) is 5.72. The number of fused-ring (bicyclic) bond motifs is 1. The molecule has 196 valence electrons. The number of carbonyl (C=O) groups excluding carboxylic acids is 1. The number of carbonyl (C=O) groups is 1. The van der Waals surface area contributed by atoms with Gasteiger partial charge in [-0.15, -0.1) is 0 Å². The van der Waals surface area contributed by atoms with Crippen LogP contribution in [0.15, 0.2) is 73.2 Å². The van der Waals surface area contributed by atoms with E-state index in [2.05, 4.69) is 52.1 Å². The molecular weight excluding hydrogens is 576 g/mol. The number of hydrogen-bond donors (Lipinski definition) is 2. The van der Waals surface area contributed by atoms with Crippen molar-refractivity contribution in [3.05, 3.63) is 80.5 Å². The Hall–Kier alpha value is -5.18. The van der Waals surface area contributed by atoms with Crippen molar-refractivity contribution in [3.8, 4) is 11.3 Å². The fourth-order valence-corrected chi connectivity index (χ4v) is 3.69. The first-order valence-corrected chi connectivity index (χ1v) is 12.1. The first-order valence-electron chi connectivity index (χ1n) is 11.3. The first-order chi connectivity index (χ1) is 18.9. The lowest BCUT2D eigenvalue weighted by Gasteiger charge is -2.09. The molecule has 0 saturated heterocycles. The molecule has 0 aliphatic carbocycles. The number of nitrogens with one attached hydrogen (secondary N) is 2. The number of nitro benzene ring substituents is 1. The highest BCUT2D eigenvalue weighted by Crippen LogP contribution is 2.32. The molecule has 14 nitrogen and oxygen atoms in total. The summed E-state index contributed by atoms with van der Waals surface area (Å²) < 4.78 is 16.3. The molecule has 0 radical (unpaired) electrons. The smallest absolute Gasteiger partial charge is 0.338 e. The fraction of sp³-hybridized carbons (Fsp3) is 0.0833. The minimum absolute atomic E-state index is 0.0674. The summed E-state index contributed by atoms with van der Waals surface area (Å²) in [7, 11) is 0. The van der Waals surface area contributed by atoms with Crippen LogP contribution in [0.5, 0.6) is 0 Å². The van der Waals surface area contributed by atoms with Crippen LogP contribution in [0.3, 0.4) is 0 Å². The zero-order valence-corrected chi connectivity index (χ0v) is 21.6. The van der Waals surface area contributed by atoms with E-state index in [0.717, 1.165) is 16.2 Å². The van der Waals surface area contributed by atoms with Gasteiger partial charge in [0.05, 0.1) is 28.9 Å². The molecule has 0 atom stereocenters. The Labute approximate surface area is 227 Å². The molecule has 0 aliphatic rings. The predicted molar refractivity (Wildman–Crippen MR) is 143 cm³/mol. The summed E-state index contributed by atoms with van der Waals surface area (Å²) in [6, 6.07) is 14.6. The summed E-state index contributed by atoms with van der Waals surface area (Å²) in [4.78, 5) is 31.7. The van der Waals surface area contributed by atoms with Gasteiger partial charge in [-0.2, -0.15) is 10.1 Å². The molecule has 5 aromatic rings. The molecule has 0 bridgehead atoms. The van der Waals surface area contributed by atoms with Gasteiger partial charge in [-0.25, -0.2) is 14.4 Å². The molecule has 0 fully saturated rings. The Morgan fingerprint density at radius 3 is 2.56 bits per heavy atom. The van der Waals surface area contributed by atoms with Crippen LogP contribution in [0.25, 0.3) is 22.6 Å². The Kier molecular flexibility index (Phi) is 7.22. The summed E-state index contributed by atoms with van der Waals surface area (Å²) in [6.45, 7) is 1.80. The van der Waals surface area contributed by atoms with E-state index in [0.29, 0.717) is 11.6 Å². The van der Waals surface area contributed by atoms with E-state index < -0.39 is 10.9 Å². The van der Waals surface area contributed by atoms with Crippen LogP contribution in [-0.4, -0.2) is 44.0 Å². The van der Waals surface area contributed by atoms with Gasteiger partial charge >= 0.3 is 5.97 Å². The highest BCUT2D eigenvalue weighted by atomic mass is 79.9. The number of aromatic nitrogens is 4. The van der Waals surface area contributed by atoms with Gasteiger partial charge in [-0.05, 0) is 65.8 Å². The molecule has 3 aromatic heterocycles. The lowest BCUT2D eigenvalue weighted by atomic mass is 10.1. The van der Waals surface area contributed by atoms with E-state index in [9.17, 15) is 14.9 Å². The number of hydrazone groups is 1. The largest absolute Gasteiger partial charge is 0.462 e. The standard InChI is InChI=1S/C24H17BrN8O6/c1-2-37-24(34)13-3-9-17(18(11-13)33(35)36)19-10-8-16(38-19)12-26-30-21-20(27-15-6-4-14(25)5-7-15)28-22-23(29-21)32-39-31-22/h3-12H,2H2,1H3,(H,27,28,31)(H,29,30,32)/b26-12+. The second-order valence-corrected chi connectivity index (χ2v) is 8.66. The van der Waals surface area contributed by atoms with Gasteiger partial charge in [0, 0.05) is 16.2 Å². The molecule has 0 amide bonds. The van der Waals surface area contributed by atoms with Gasteiger partial charge in [-0.1, -0.05) is 15.9 Å². The number of furan rings is 1. The quantitative estimate of drug-likeness (QED) is 0.0973. The van der Waals surface area contributed by atoms with E-state index in [-0.39, 0.29) is 46.3 Å². The summed E-state index contributed by atoms with van der Waals surface area (Å²) in [5, 5.41) is 26.4. The van der Waals surface area contributed by atoms with Crippen LogP contribution < -0.4 is 10.7 Å². The molecular formula is C24H17BrN8O6. The van der Waals surface area contributed by atoms with Gasteiger partial charge in [-0.3, -0.25) is 15.5 Å². The van der Waals surface area contributed by atoms with Crippen molar-refractivity contribution < 1.29 is 23.5 Å². The third-order valence-electron chi connectivity index (χ3n) is 5.18. The minimum Gasteiger partial charge on any atom is -0.462 e. The third-order valence-corrected chi connectivity index (χ3v) is 5.71. The second kappa shape index (κ2) is 11.1. The predicted octanol–water partition coefficient (Wildman–Crippen LogP) is 5.31. The minimum atomic E-state index is -0.651. The van der Waals surface area contributed by atoms with Crippen LogP contribution in [0.2, 0.25) is 0 Å². The number of benzene rings is 2. The Bertz CT molecular complexity index is 1700. The van der Waals surface area contributed by atoms with Crippen molar-refractivity contribution in [2.24, 2.45) is 5.10 Å². The normalized spacial score (nSPS) is 11.1. The number of ether oxygens (including phenoxy) is 1. The average Bonchev–Trinajstić information content (AvgIpc) is 3.59. The van der Waals surface area contributed by atoms with Gasteiger partial charge in [0.2, 0.25) is 11.3 Å². The highest BCUT2D eigenvalue weighted by molar-refractivity contribution is 9.10. The molecule has 0 saturated carbocycles. The van der Waals surface area contributed by atoms with Crippen molar-refractivity contribution in [1.82, 2.24) is 20.3 Å². The first kappa shape index (κ1) is 25.5. The molecule has 0 aliphatic heterocycles. The zero-order valence-electron chi connectivity index (χ0n) is 20.0. The average molecular weight is 593 g/mol. The highest BCUT2D eigenvalue weighted by Gasteiger charge is 2.21. The van der Waals surface area contributed by atoms with Crippen LogP contribution in [0.1, 0.15) is 23.0 Å². The van der Waals surface area contributed by atoms with Crippen molar-refractivity contribution in [1.29, 1.82) is 0 Å². The molecule has 5 rings (SSSR count). The van der Waals surface area contributed by atoms with Crippen LogP contribution in [0, 0.1) is 10.1 Å². The van der Waals surface area contributed by atoms with Gasteiger partial charge in [0.15, 0.2) is 11.6 Å². The lowest BCUT2D eigenvalue weighted by molar-refractivity contribution is -0.384. The molecule has 3 heterocycles. The van der Waals surface area contributed by atoms with Crippen LogP contribution in [0.4, 0.5) is 23.0 Å². The molecule has 15 heteroatoms. The van der Waals surface area contributed by atoms with E-state index in [1.807, 2.05) is 24.3 Å². The van der Waals surface area contributed by atoms with Crippen LogP contribution in [-0.2, 0) is 4.74 Å². The lowest BCUT2D eigenvalue weighted by Crippen LogP contribution is -2.05. The summed E-state index contributed by atoms with van der Waals surface area (Å²) >= 11 is 3.39. The Balaban J connectivity index is 1.37. The van der Waals surface area contributed by atoms with E-state index in [1.54, 1.807) is 19.1 Å². The van der Waals surface area contributed by atoms with Crippen molar-refractivity contribution >= 4 is 62.4 Å². The number of rotatable bonds is 9. The van der Waals surface area contributed by atoms with Crippen molar-refractivity contribution in [3.63, 3.8) is 0 Å². The summed E-state index contributed by atoms with van der Waals surface area (Å²) in [5.74, 6) is 0.401. The zero-order chi connectivity index (χ0) is 27.4. The maximum absolute atomic E-state index is 12.0. The molecule has 0 unspecified atom stereocenters. The van der Waals surface area contributed by atoms with Gasteiger partial charge < -0.3 is 14.5 Å². The van der Waals surface area contributed by atoms with Crippen molar-refractivity contribution in [2.75, 3.05) is 17.3 Å². The molecule has 2 N–H and O–H groups in total. The Morgan fingerprint density at radius 1 is 1.10 bits per heavy atom. The second-order valence-electron chi connectivity index (χ2n) is 7.75. The van der Waals surface area contributed by atoms with E-state index >= 15 is 0 Å². The number of nitrogens with zero attached hydrogens (tertiary/aromatic N) is 6. The van der Waals surface area contributed by atoms with Gasteiger partial charge in [0.1, 0.15) is 11.5 Å². The van der Waals surface area contributed by atoms with Gasteiger partial charge in [0.25, 0.3) is 5.69 Å². The molecule has 0 spiro atoms. The monoisotopic (exact) mass is 592 g/mol. The Morgan fingerprint density at radius 2 is 1.85 bits per heavy atom. The maximum atomic E-state index is 12.0. The summed E-state index contributed by atoms with van der Waals surface area (Å²) in [6.07, 6.45) is 1.36. The number of halogens is 1. The number of nitro groups is 1.